The van der Waals surface area contributed by atoms with E-state index < -0.39 is 5.38 Å². The minimum atomic E-state index is -0.722. The molecular formula is C12H12ClN3OS. The van der Waals surface area contributed by atoms with Gasteiger partial charge in [0, 0.05) is 0 Å². The SMILES string of the molecule is CCc1nnc(NC(=O)C(Cl)c2ccccc2)s1. The molecule has 1 aromatic heterocycles. The van der Waals surface area contributed by atoms with Crippen LogP contribution in [0.15, 0.2) is 30.3 Å². The van der Waals surface area contributed by atoms with E-state index in [1.54, 1.807) is 0 Å². The number of carbonyl (C=O) groups is 1. The molecule has 0 fully saturated rings. The van der Waals surface area contributed by atoms with Gasteiger partial charge < -0.3 is 0 Å². The standard InChI is InChI=1S/C12H12ClN3OS/c1-2-9-15-16-12(18-9)14-11(17)10(13)8-6-4-3-5-7-8/h3-7,10H,2H2,1H3,(H,14,16,17). The summed E-state index contributed by atoms with van der Waals surface area (Å²) < 4.78 is 0. The molecule has 0 bridgehead atoms. The number of amides is 1. The van der Waals surface area contributed by atoms with Gasteiger partial charge in [-0.2, -0.15) is 0 Å². The summed E-state index contributed by atoms with van der Waals surface area (Å²) in [4.78, 5) is 11.9. The molecule has 0 saturated heterocycles. The first-order valence-corrected chi connectivity index (χ1v) is 6.78. The molecular weight excluding hydrogens is 270 g/mol. The van der Waals surface area contributed by atoms with E-state index in [0.29, 0.717) is 5.13 Å². The summed E-state index contributed by atoms with van der Waals surface area (Å²) in [7, 11) is 0. The highest BCUT2D eigenvalue weighted by Crippen LogP contribution is 2.23. The lowest BCUT2D eigenvalue weighted by Crippen LogP contribution is -2.17. The molecule has 0 spiro atoms. The Morgan fingerprint density at radius 2 is 2.11 bits per heavy atom. The number of aryl methyl sites for hydroxylation is 1. The van der Waals surface area contributed by atoms with Crippen molar-refractivity contribution >= 4 is 34.0 Å². The first-order valence-electron chi connectivity index (χ1n) is 5.53. The Morgan fingerprint density at radius 1 is 1.39 bits per heavy atom. The van der Waals surface area contributed by atoms with Gasteiger partial charge in [0.1, 0.15) is 10.4 Å². The number of benzene rings is 1. The van der Waals surface area contributed by atoms with Gasteiger partial charge in [-0.1, -0.05) is 48.6 Å². The lowest BCUT2D eigenvalue weighted by atomic mass is 10.1. The number of nitrogens with zero attached hydrogens (tertiary/aromatic N) is 2. The fourth-order valence-electron chi connectivity index (χ4n) is 1.39. The Kier molecular flexibility index (Phi) is 4.28. The van der Waals surface area contributed by atoms with Crippen molar-refractivity contribution in [1.29, 1.82) is 0 Å². The smallest absolute Gasteiger partial charge is 0.248 e. The monoisotopic (exact) mass is 281 g/mol. The molecule has 1 heterocycles. The third-order valence-corrected chi connectivity index (χ3v) is 3.76. The average Bonchev–Trinajstić information content (AvgIpc) is 2.86. The second-order valence-electron chi connectivity index (χ2n) is 3.62. The number of rotatable bonds is 4. The van der Waals surface area contributed by atoms with Crippen molar-refractivity contribution in [1.82, 2.24) is 10.2 Å². The third kappa shape index (κ3) is 3.05. The number of halogens is 1. The van der Waals surface area contributed by atoms with Crippen molar-refractivity contribution in [2.45, 2.75) is 18.7 Å². The van der Waals surface area contributed by atoms with E-state index in [1.165, 1.54) is 11.3 Å². The second-order valence-corrected chi connectivity index (χ2v) is 5.12. The highest BCUT2D eigenvalue weighted by molar-refractivity contribution is 7.15. The van der Waals surface area contributed by atoms with Gasteiger partial charge in [-0.25, -0.2) is 0 Å². The van der Waals surface area contributed by atoms with E-state index in [4.69, 9.17) is 11.6 Å². The van der Waals surface area contributed by atoms with Crippen molar-refractivity contribution < 1.29 is 4.79 Å². The van der Waals surface area contributed by atoms with Crippen LogP contribution in [0.4, 0.5) is 5.13 Å². The minimum Gasteiger partial charge on any atom is -0.299 e. The zero-order chi connectivity index (χ0) is 13.0. The fourth-order valence-corrected chi connectivity index (χ4v) is 2.27. The molecule has 0 saturated carbocycles. The zero-order valence-electron chi connectivity index (χ0n) is 9.76. The van der Waals surface area contributed by atoms with Gasteiger partial charge in [-0.15, -0.1) is 21.8 Å². The molecule has 18 heavy (non-hydrogen) atoms. The molecule has 4 nitrogen and oxygen atoms in total. The highest BCUT2D eigenvalue weighted by Gasteiger charge is 2.18. The number of alkyl halides is 1. The Balaban J connectivity index is 2.04. The van der Waals surface area contributed by atoms with Crippen LogP contribution in [-0.4, -0.2) is 16.1 Å². The van der Waals surface area contributed by atoms with Crippen molar-refractivity contribution in [2.75, 3.05) is 5.32 Å². The topological polar surface area (TPSA) is 54.9 Å². The summed E-state index contributed by atoms with van der Waals surface area (Å²) in [5.41, 5.74) is 0.761. The molecule has 1 atom stereocenters. The Hall–Kier alpha value is -1.46. The van der Waals surface area contributed by atoms with E-state index in [-0.39, 0.29) is 5.91 Å². The zero-order valence-corrected chi connectivity index (χ0v) is 11.3. The molecule has 0 aliphatic heterocycles. The van der Waals surface area contributed by atoms with Gasteiger partial charge in [-0.3, -0.25) is 10.1 Å². The summed E-state index contributed by atoms with van der Waals surface area (Å²) in [5, 5.41) is 11.1. The van der Waals surface area contributed by atoms with Crippen LogP contribution in [0, 0.1) is 0 Å². The summed E-state index contributed by atoms with van der Waals surface area (Å²) >= 11 is 7.45. The van der Waals surface area contributed by atoms with E-state index in [9.17, 15) is 4.79 Å². The van der Waals surface area contributed by atoms with Gasteiger partial charge in [0.05, 0.1) is 0 Å². The van der Waals surface area contributed by atoms with Crippen LogP contribution in [0.2, 0.25) is 0 Å². The number of nitrogens with one attached hydrogen (secondary N) is 1. The number of aromatic nitrogens is 2. The van der Waals surface area contributed by atoms with Gasteiger partial charge in [0.15, 0.2) is 0 Å². The normalized spacial score (nSPS) is 12.1. The summed E-state index contributed by atoms with van der Waals surface area (Å²) in [6, 6.07) is 9.20. The van der Waals surface area contributed by atoms with Gasteiger partial charge in [-0.05, 0) is 12.0 Å². The number of anilines is 1. The lowest BCUT2D eigenvalue weighted by Gasteiger charge is -2.08. The second kappa shape index (κ2) is 5.93. The van der Waals surface area contributed by atoms with Crippen LogP contribution >= 0.6 is 22.9 Å². The van der Waals surface area contributed by atoms with E-state index in [1.807, 2.05) is 37.3 Å². The van der Waals surface area contributed by atoms with Crippen molar-refractivity contribution in [3.8, 4) is 0 Å². The van der Waals surface area contributed by atoms with Crippen LogP contribution in [0.25, 0.3) is 0 Å². The van der Waals surface area contributed by atoms with Gasteiger partial charge >= 0.3 is 0 Å². The maximum Gasteiger partial charge on any atom is 0.248 e. The Labute approximate surface area is 114 Å². The van der Waals surface area contributed by atoms with Crippen molar-refractivity contribution in [3.63, 3.8) is 0 Å². The molecule has 0 aliphatic rings. The van der Waals surface area contributed by atoms with Crippen LogP contribution in [-0.2, 0) is 11.2 Å². The summed E-state index contributed by atoms with van der Waals surface area (Å²) in [6.07, 6.45) is 0.802. The first kappa shape index (κ1) is 13.0. The minimum absolute atomic E-state index is 0.290. The number of hydrogen-bond acceptors (Lipinski definition) is 4. The van der Waals surface area contributed by atoms with Crippen LogP contribution in [0.5, 0.6) is 0 Å². The van der Waals surface area contributed by atoms with E-state index >= 15 is 0 Å². The largest absolute Gasteiger partial charge is 0.299 e. The van der Waals surface area contributed by atoms with Gasteiger partial charge in [0.25, 0.3) is 0 Å². The predicted octanol–water partition coefficient (Wildman–Crippen LogP) is 3.02. The van der Waals surface area contributed by atoms with E-state index in [0.717, 1.165) is 17.0 Å². The molecule has 1 amide bonds. The van der Waals surface area contributed by atoms with Crippen LogP contribution < -0.4 is 5.32 Å². The van der Waals surface area contributed by atoms with Gasteiger partial charge in [0.2, 0.25) is 11.0 Å². The first-order chi connectivity index (χ1) is 8.70. The number of carbonyl (C=O) groups excluding carboxylic acids is 1. The molecule has 1 unspecified atom stereocenters. The van der Waals surface area contributed by atoms with E-state index in [2.05, 4.69) is 15.5 Å². The quantitative estimate of drug-likeness (QED) is 0.877. The van der Waals surface area contributed by atoms with Crippen molar-refractivity contribution in [3.05, 3.63) is 40.9 Å². The molecule has 2 aromatic rings. The van der Waals surface area contributed by atoms with Crippen molar-refractivity contribution in [2.24, 2.45) is 0 Å². The number of hydrogen-bond donors (Lipinski definition) is 1. The molecule has 94 valence electrons. The average molecular weight is 282 g/mol. The van der Waals surface area contributed by atoms with Crippen LogP contribution in [0.1, 0.15) is 22.9 Å². The summed E-state index contributed by atoms with van der Waals surface area (Å²) in [6.45, 7) is 1.99. The molecule has 0 aliphatic carbocycles. The molecule has 1 aromatic carbocycles. The summed E-state index contributed by atoms with van der Waals surface area (Å²) in [5.74, 6) is -0.290. The van der Waals surface area contributed by atoms with Crippen LogP contribution in [0.3, 0.4) is 0 Å². The third-order valence-electron chi connectivity index (χ3n) is 2.32. The highest BCUT2D eigenvalue weighted by atomic mass is 35.5. The molecule has 1 N–H and O–H groups in total. The molecule has 6 heteroatoms. The maximum absolute atomic E-state index is 11.9. The molecule has 0 radical (unpaired) electrons. The predicted molar refractivity (Wildman–Crippen MR) is 73.0 cm³/mol. The lowest BCUT2D eigenvalue weighted by molar-refractivity contribution is -0.116. The fraction of sp³-hybridized carbons (Fsp3) is 0.250. The molecule has 2 rings (SSSR count). The maximum atomic E-state index is 11.9. The Bertz CT molecular complexity index is 529. The Morgan fingerprint density at radius 3 is 2.72 bits per heavy atom.